The van der Waals surface area contributed by atoms with Crippen LogP contribution in [-0.4, -0.2) is 18.1 Å². The first-order valence-electron chi connectivity index (χ1n) is 4.94. The quantitative estimate of drug-likeness (QED) is 0.674. The smallest absolute Gasteiger partial charge is 0.128 e. The number of anilines is 1. The van der Waals surface area contributed by atoms with Crippen LogP contribution in [0, 0.1) is 4.91 Å². The zero-order valence-corrected chi connectivity index (χ0v) is 8.02. The van der Waals surface area contributed by atoms with Gasteiger partial charge in [-0.15, -0.1) is 4.91 Å². The maximum Gasteiger partial charge on any atom is 0.128 e. The molecule has 0 unspecified atom stereocenters. The molecule has 1 aliphatic rings. The highest BCUT2D eigenvalue weighted by atomic mass is 16.3. The molecule has 0 N–H and O–H groups in total. The van der Waals surface area contributed by atoms with Crippen molar-refractivity contribution in [1.29, 1.82) is 0 Å². The maximum absolute atomic E-state index is 10.2. The summed E-state index contributed by atoms with van der Waals surface area (Å²) >= 11 is 0. The molecule has 0 saturated carbocycles. The Hall–Kier alpha value is -1.45. The average molecular weight is 191 g/mol. The van der Waals surface area contributed by atoms with Crippen molar-refractivity contribution in [3.63, 3.8) is 0 Å². The third-order valence-electron chi connectivity index (χ3n) is 2.52. The van der Waals surface area contributed by atoms with Gasteiger partial charge in [0.1, 0.15) is 11.5 Å². The summed E-state index contributed by atoms with van der Waals surface area (Å²) in [5.41, 5.74) is 0.394. The molecule has 0 radical (unpaired) electrons. The van der Waals surface area contributed by atoms with Crippen LogP contribution in [0.1, 0.15) is 19.3 Å². The molecule has 0 aliphatic carbocycles. The Morgan fingerprint density at radius 1 is 1.21 bits per heavy atom. The van der Waals surface area contributed by atoms with E-state index in [9.17, 15) is 4.91 Å². The molecule has 0 amide bonds. The first-order valence-corrected chi connectivity index (χ1v) is 4.94. The first-order chi connectivity index (χ1) is 6.90. The fourth-order valence-corrected chi connectivity index (χ4v) is 1.74. The van der Waals surface area contributed by atoms with Crippen LogP contribution in [0.4, 0.5) is 11.5 Å². The molecule has 4 nitrogen and oxygen atoms in total. The molecule has 4 heteroatoms. The van der Waals surface area contributed by atoms with Gasteiger partial charge in [0.05, 0.1) is 6.20 Å². The molecule has 2 heterocycles. The standard InChI is InChI=1S/C10H13N3O/c14-12-9-4-5-10(11-8-9)13-6-2-1-3-7-13/h4-5,8H,1-3,6-7H2. The number of aromatic nitrogens is 1. The lowest BCUT2D eigenvalue weighted by Gasteiger charge is -2.27. The predicted octanol–water partition coefficient (Wildman–Crippen LogP) is 2.47. The molecule has 0 atom stereocenters. The molecule has 14 heavy (non-hydrogen) atoms. The van der Waals surface area contributed by atoms with Crippen molar-refractivity contribution in [2.24, 2.45) is 5.18 Å². The van der Waals surface area contributed by atoms with E-state index >= 15 is 0 Å². The fraction of sp³-hybridized carbons (Fsp3) is 0.500. The molecule has 2 rings (SSSR count). The second-order valence-electron chi connectivity index (χ2n) is 3.51. The molecule has 0 spiro atoms. The molecule has 0 aromatic carbocycles. The van der Waals surface area contributed by atoms with Crippen LogP contribution in [0.15, 0.2) is 23.5 Å². The van der Waals surface area contributed by atoms with Gasteiger partial charge in [-0.3, -0.25) is 0 Å². The van der Waals surface area contributed by atoms with Crippen LogP contribution >= 0.6 is 0 Å². The molecule has 1 saturated heterocycles. The Labute approximate surface area is 82.9 Å². The van der Waals surface area contributed by atoms with Crippen LogP contribution in [0.25, 0.3) is 0 Å². The van der Waals surface area contributed by atoms with Gasteiger partial charge in [-0.1, -0.05) is 0 Å². The minimum Gasteiger partial charge on any atom is -0.357 e. The van der Waals surface area contributed by atoms with Gasteiger partial charge in [0, 0.05) is 13.1 Å². The number of nitrogens with zero attached hydrogens (tertiary/aromatic N) is 3. The van der Waals surface area contributed by atoms with Gasteiger partial charge in [0.25, 0.3) is 0 Å². The summed E-state index contributed by atoms with van der Waals surface area (Å²) in [6.45, 7) is 2.14. The maximum atomic E-state index is 10.2. The van der Waals surface area contributed by atoms with Crippen molar-refractivity contribution in [3.8, 4) is 0 Å². The Balaban J connectivity index is 2.11. The summed E-state index contributed by atoms with van der Waals surface area (Å²) < 4.78 is 0. The van der Waals surface area contributed by atoms with Gasteiger partial charge in [0.2, 0.25) is 0 Å². The lowest BCUT2D eigenvalue weighted by atomic mass is 10.1. The van der Waals surface area contributed by atoms with Crippen LogP contribution in [-0.2, 0) is 0 Å². The van der Waals surface area contributed by atoms with Gasteiger partial charge in [-0.25, -0.2) is 4.98 Å². The number of piperidine rings is 1. The Morgan fingerprint density at radius 2 is 2.00 bits per heavy atom. The van der Waals surface area contributed by atoms with Crippen molar-refractivity contribution in [1.82, 2.24) is 4.98 Å². The minimum atomic E-state index is 0.394. The average Bonchev–Trinajstić information content (AvgIpc) is 2.30. The number of rotatable bonds is 2. The fourth-order valence-electron chi connectivity index (χ4n) is 1.74. The number of nitroso groups, excluding NO2 is 1. The van der Waals surface area contributed by atoms with Crippen LogP contribution in [0.2, 0.25) is 0 Å². The van der Waals surface area contributed by atoms with Gasteiger partial charge < -0.3 is 4.90 Å². The van der Waals surface area contributed by atoms with Gasteiger partial charge in [0.15, 0.2) is 0 Å². The molecule has 1 aromatic heterocycles. The number of hydrogen-bond donors (Lipinski definition) is 0. The van der Waals surface area contributed by atoms with E-state index in [4.69, 9.17) is 0 Å². The summed E-state index contributed by atoms with van der Waals surface area (Å²) in [6, 6.07) is 3.58. The Bertz CT molecular complexity index is 304. The van der Waals surface area contributed by atoms with E-state index in [0.717, 1.165) is 18.9 Å². The number of pyridine rings is 1. The predicted molar refractivity (Wildman–Crippen MR) is 55.8 cm³/mol. The second-order valence-corrected chi connectivity index (χ2v) is 3.51. The molecular weight excluding hydrogens is 178 g/mol. The van der Waals surface area contributed by atoms with E-state index in [-0.39, 0.29) is 0 Å². The molecular formula is C10H13N3O. The van der Waals surface area contributed by atoms with Crippen molar-refractivity contribution >= 4 is 11.5 Å². The van der Waals surface area contributed by atoms with E-state index < -0.39 is 0 Å². The molecule has 1 aromatic rings. The Morgan fingerprint density at radius 3 is 2.57 bits per heavy atom. The molecule has 1 fully saturated rings. The zero-order chi connectivity index (χ0) is 9.80. The summed E-state index contributed by atoms with van der Waals surface area (Å²) in [4.78, 5) is 16.6. The van der Waals surface area contributed by atoms with E-state index in [1.807, 2.05) is 6.07 Å². The van der Waals surface area contributed by atoms with E-state index in [1.165, 1.54) is 25.5 Å². The number of hydrogen-bond acceptors (Lipinski definition) is 4. The monoisotopic (exact) mass is 191 g/mol. The minimum absolute atomic E-state index is 0.394. The lowest BCUT2D eigenvalue weighted by Crippen LogP contribution is -2.29. The lowest BCUT2D eigenvalue weighted by molar-refractivity contribution is 0.573. The van der Waals surface area contributed by atoms with Gasteiger partial charge in [-0.05, 0) is 36.6 Å². The molecule has 1 aliphatic heterocycles. The first kappa shape index (κ1) is 9.12. The van der Waals surface area contributed by atoms with Gasteiger partial charge in [-0.2, -0.15) is 0 Å². The summed E-state index contributed by atoms with van der Waals surface area (Å²) in [5.74, 6) is 0.956. The van der Waals surface area contributed by atoms with Crippen molar-refractivity contribution < 1.29 is 0 Å². The third kappa shape index (κ3) is 1.89. The van der Waals surface area contributed by atoms with E-state index in [1.54, 1.807) is 6.07 Å². The summed E-state index contributed by atoms with van der Waals surface area (Å²) in [5, 5.41) is 2.83. The second kappa shape index (κ2) is 4.17. The SMILES string of the molecule is O=Nc1ccc(N2CCCCC2)nc1. The molecule has 74 valence electrons. The van der Waals surface area contributed by atoms with Crippen LogP contribution in [0.3, 0.4) is 0 Å². The molecule has 0 bridgehead atoms. The van der Waals surface area contributed by atoms with E-state index in [2.05, 4.69) is 15.1 Å². The summed E-state index contributed by atoms with van der Waals surface area (Å²) in [7, 11) is 0. The largest absolute Gasteiger partial charge is 0.357 e. The van der Waals surface area contributed by atoms with E-state index in [0.29, 0.717) is 5.69 Å². The van der Waals surface area contributed by atoms with Gasteiger partial charge >= 0.3 is 0 Å². The van der Waals surface area contributed by atoms with Crippen LogP contribution in [0.5, 0.6) is 0 Å². The summed E-state index contributed by atoms with van der Waals surface area (Å²) in [6.07, 6.45) is 5.30. The highest BCUT2D eigenvalue weighted by molar-refractivity contribution is 5.45. The van der Waals surface area contributed by atoms with Crippen molar-refractivity contribution in [2.75, 3.05) is 18.0 Å². The zero-order valence-electron chi connectivity index (χ0n) is 8.02. The third-order valence-corrected chi connectivity index (χ3v) is 2.52. The highest BCUT2D eigenvalue weighted by Gasteiger charge is 2.11. The van der Waals surface area contributed by atoms with Crippen molar-refractivity contribution in [2.45, 2.75) is 19.3 Å². The normalized spacial score (nSPS) is 16.7. The van der Waals surface area contributed by atoms with Crippen LogP contribution < -0.4 is 4.90 Å². The van der Waals surface area contributed by atoms with Crippen molar-refractivity contribution in [3.05, 3.63) is 23.2 Å². The Kier molecular flexibility index (Phi) is 2.72. The topological polar surface area (TPSA) is 45.6 Å². The highest BCUT2D eigenvalue weighted by Crippen LogP contribution is 2.19.